The number of hydrogen-bond donors (Lipinski definition) is 0. The average Bonchev–Trinajstić information content (AvgIpc) is 2.51. The molecule has 0 spiro atoms. The summed E-state index contributed by atoms with van der Waals surface area (Å²) in [6.07, 6.45) is 0. The molecule has 15 heavy (non-hydrogen) atoms. The first-order valence-corrected chi connectivity index (χ1v) is 6.17. The summed E-state index contributed by atoms with van der Waals surface area (Å²) in [6, 6.07) is 3.71. The minimum Gasteiger partial charge on any atom is -0.465 e. The van der Waals surface area contributed by atoms with Crippen LogP contribution in [0.4, 0.5) is 0 Å². The van der Waals surface area contributed by atoms with Crippen molar-refractivity contribution in [2.75, 3.05) is 6.61 Å². The van der Waals surface area contributed by atoms with E-state index < -0.39 is 0 Å². The monoisotopic (exact) mass is 246 g/mol. The third kappa shape index (κ3) is 3.21. The van der Waals surface area contributed by atoms with E-state index in [0.29, 0.717) is 10.9 Å². The van der Waals surface area contributed by atoms with Crippen LogP contribution >= 0.6 is 22.9 Å². The molecule has 0 radical (unpaired) electrons. The molecular formula is C11H15ClO2S. The van der Waals surface area contributed by atoms with Gasteiger partial charge in [0.25, 0.3) is 0 Å². The maximum atomic E-state index is 11.7. The number of esters is 1. The van der Waals surface area contributed by atoms with Gasteiger partial charge in [0.1, 0.15) is 0 Å². The fourth-order valence-corrected chi connectivity index (χ4v) is 2.77. The van der Waals surface area contributed by atoms with E-state index in [9.17, 15) is 4.79 Å². The van der Waals surface area contributed by atoms with Crippen LogP contribution < -0.4 is 0 Å². The molecular weight excluding hydrogens is 232 g/mol. The molecule has 0 saturated carbocycles. The highest BCUT2D eigenvalue weighted by molar-refractivity contribution is 7.16. The summed E-state index contributed by atoms with van der Waals surface area (Å²) in [5, 5.41) is 0. The van der Waals surface area contributed by atoms with Crippen molar-refractivity contribution in [3.8, 4) is 0 Å². The topological polar surface area (TPSA) is 26.3 Å². The van der Waals surface area contributed by atoms with Gasteiger partial charge in [-0.2, -0.15) is 0 Å². The second-order valence-electron chi connectivity index (χ2n) is 3.62. The first-order valence-electron chi connectivity index (χ1n) is 4.98. The normalized spacial score (nSPS) is 12.9. The van der Waals surface area contributed by atoms with Crippen molar-refractivity contribution in [1.82, 2.24) is 0 Å². The average molecular weight is 247 g/mol. The largest absolute Gasteiger partial charge is 0.465 e. The van der Waals surface area contributed by atoms with E-state index in [1.165, 1.54) is 11.3 Å². The van der Waals surface area contributed by atoms with Gasteiger partial charge in [-0.25, -0.2) is 0 Å². The van der Waals surface area contributed by atoms with Gasteiger partial charge in [0.05, 0.1) is 16.9 Å². The van der Waals surface area contributed by atoms with Gasteiger partial charge < -0.3 is 4.74 Å². The summed E-state index contributed by atoms with van der Waals surface area (Å²) >= 11 is 7.30. The van der Waals surface area contributed by atoms with E-state index in [1.54, 1.807) is 0 Å². The lowest BCUT2D eigenvalue weighted by atomic mass is 9.94. The molecule has 84 valence electrons. The molecule has 1 rings (SSSR count). The van der Waals surface area contributed by atoms with E-state index in [-0.39, 0.29) is 17.8 Å². The molecule has 0 fully saturated rings. The fourth-order valence-electron chi connectivity index (χ4n) is 1.44. The standard InChI is InChI=1S/C11H15ClO2S/c1-4-14-11(13)10(7(2)3)8-5-6-9(12)15-8/h5-7,10H,4H2,1-3H3. The van der Waals surface area contributed by atoms with Crippen LogP contribution in [-0.4, -0.2) is 12.6 Å². The SMILES string of the molecule is CCOC(=O)C(c1ccc(Cl)s1)C(C)C. The Labute approximate surface area is 99.2 Å². The molecule has 0 aliphatic rings. The third-order valence-electron chi connectivity index (χ3n) is 2.11. The van der Waals surface area contributed by atoms with Gasteiger partial charge in [-0.1, -0.05) is 25.4 Å². The molecule has 1 atom stereocenters. The van der Waals surface area contributed by atoms with Crippen molar-refractivity contribution < 1.29 is 9.53 Å². The predicted octanol–water partition coefficient (Wildman–Crippen LogP) is 3.70. The number of thiophene rings is 1. The Morgan fingerprint density at radius 3 is 2.60 bits per heavy atom. The molecule has 0 amide bonds. The Morgan fingerprint density at radius 2 is 2.20 bits per heavy atom. The van der Waals surface area contributed by atoms with Gasteiger partial charge in [0, 0.05) is 4.88 Å². The minimum absolute atomic E-state index is 0.161. The summed E-state index contributed by atoms with van der Waals surface area (Å²) in [7, 11) is 0. The fraction of sp³-hybridized carbons (Fsp3) is 0.545. The van der Waals surface area contributed by atoms with Crippen molar-refractivity contribution in [3.05, 3.63) is 21.3 Å². The Balaban J connectivity index is 2.88. The second kappa shape index (κ2) is 5.52. The Morgan fingerprint density at radius 1 is 1.53 bits per heavy atom. The molecule has 0 saturated heterocycles. The molecule has 2 nitrogen and oxygen atoms in total. The van der Waals surface area contributed by atoms with Crippen LogP contribution in [0.5, 0.6) is 0 Å². The first kappa shape index (κ1) is 12.5. The Kier molecular flexibility index (Phi) is 4.61. The maximum absolute atomic E-state index is 11.7. The number of hydrogen-bond acceptors (Lipinski definition) is 3. The Hall–Kier alpha value is -0.540. The molecule has 1 aromatic heterocycles. The maximum Gasteiger partial charge on any atom is 0.314 e. The predicted molar refractivity (Wildman–Crippen MR) is 63.5 cm³/mol. The summed E-state index contributed by atoms with van der Waals surface area (Å²) in [5.74, 6) is -0.132. The van der Waals surface area contributed by atoms with Gasteiger partial charge in [-0.3, -0.25) is 4.79 Å². The smallest absolute Gasteiger partial charge is 0.314 e. The van der Waals surface area contributed by atoms with Crippen molar-refractivity contribution in [2.45, 2.75) is 26.7 Å². The van der Waals surface area contributed by atoms with Crippen LogP contribution in [0, 0.1) is 5.92 Å². The molecule has 0 aliphatic heterocycles. The summed E-state index contributed by atoms with van der Waals surface area (Å²) in [6.45, 7) is 6.25. The van der Waals surface area contributed by atoms with Crippen LogP contribution in [0.3, 0.4) is 0 Å². The van der Waals surface area contributed by atoms with Crippen LogP contribution in [0.1, 0.15) is 31.6 Å². The lowest BCUT2D eigenvalue weighted by Crippen LogP contribution is -2.19. The van der Waals surface area contributed by atoms with Gasteiger partial charge in [-0.15, -0.1) is 11.3 Å². The van der Waals surface area contributed by atoms with E-state index in [0.717, 1.165) is 4.88 Å². The zero-order valence-electron chi connectivity index (χ0n) is 9.12. The summed E-state index contributed by atoms with van der Waals surface area (Å²) in [5.41, 5.74) is 0. The molecule has 0 aromatic carbocycles. The third-order valence-corrected chi connectivity index (χ3v) is 3.42. The molecule has 0 N–H and O–H groups in total. The number of carbonyl (C=O) groups excluding carboxylic acids is 1. The van der Waals surface area contributed by atoms with Gasteiger partial charge >= 0.3 is 5.97 Å². The molecule has 0 aliphatic carbocycles. The van der Waals surface area contributed by atoms with E-state index in [2.05, 4.69) is 0 Å². The molecule has 4 heteroatoms. The van der Waals surface area contributed by atoms with Crippen LogP contribution in [0.2, 0.25) is 4.34 Å². The van der Waals surface area contributed by atoms with Crippen molar-refractivity contribution in [2.24, 2.45) is 5.92 Å². The molecule has 1 unspecified atom stereocenters. The van der Waals surface area contributed by atoms with Crippen LogP contribution in [0.25, 0.3) is 0 Å². The highest BCUT2D eigenvalue weighted by Gasteiger charge is 2.26. The van der Waals surface area contributed by atoms with Crippen LogP contribution in [0.15, 0.2) is 12.1 Å². The van der Waals surface area contributed by atoms with E-state index in [4.69, 9.17) is 16.3 Å². The van der Waals surface area contributed by atoms with Crippen molar-refractivity contribution in [3.63, 3.8) is 0 Å². The summed E-state index contributed by atoms with van der Waals surface area (Å²) < 4.78 is 5.76. The number of rotatable bonds is 4. The number of ether oxygens (including phenoxy) is 1. The highest BCUT2D eigenvalue weighted by atomic mass is 35.5. The zero-order chi connectivity index (χ0) is 11.4. The molecule has 1 aromatic rings. The van der Waals surface area contributed by atoms with Gasteiger partial charge in [0.2, 0.25) is 0 Å². The molecule has 0 bridgehead atoms. The van der Waals surface area contributed by atoms with Gasteiger partial charge in [0.15, 0.2) is 0 Å². The zero-order valence-corrected chi connectivity index (χ0v) is 10.7. The van der Waals surface area contributed by atoms with E-state index in [1.807, 2.05) is 32.9 Å². The minimum atomic E-state index is -0.192. The van der Waals surface area contributed by atoms with Crippen molar-refractivity contribution in [1.29, 1.82) is 0 Å². The highest BCUT2D eigenvalue weighted by Crippen LogP contribution is 2.33. The molecule has 1 heterocycles. The van der Waals surface area contributed by atoms with Crippen LogP contribution in [-0.2, 0) is 9.53 Å². The quantitative estimate of drug-likeness (QED) is 0.758. The van der Waals surface area contributed by atoms with E-state index >= 15 is 0 Å². The number of halogens is 1. The first-order chi connectivity index (χ1) is 7.06. The van der Waals surface area contributed by atoms with Crippen molar-refractivity contribution >= 4 is 28.9 Å². The summed E-state index contributed by atoms with van der Waals surface area (Å²) in [4.78, 5) is 12.7. The second-order valence-corrected chi connectivity index (χ2v) is 5.36. The van der Waals surface area contributed by atoms with Gasteiger partial charge in [-0.05, 0) is 25.0 Å². The lowest BCUT2D eigenvalue weighted by molar-refractivity contribution is -0.146. The number of carbonyl (C=O) groups is 1. The Bertz CT molecular complexity index is 333. The lowest BCUT2D eigenvalue weighted by Gasteiger charge is -2.17.